The van der Waals surface area contributed by atoms with Crippen molar-refractivity contribution in [1.29, 1.82) is 0 Å². The Hall–Kier alpha value is 0.0564. The van der Waals surface area contributed by atoms with Crippen LogP contribution in [-0.2, 0) is 0 Å². The summed E-state index contributed by atoms with van der Waals surface area (Å²) in [5.74, 6) is -0.370. The van der Waals surface area contributed by atoms with Gasteiger partial charge >= 0.3 is 51.4 Å². The Labute approximate surface area is 111 Å². The average Bonchev–Trinajstić information content (AvgIpc) is 1.85. The van der Waals surface area contributed by atoms with Crippen molar-refractivity contribution in [2.24, 2.45) is 0 Å². The first-order valence-corrected chi connectivity index (χ1v) is 3.03. The summed E-state index contributed by atoms with van der Waals surface area (Å²) in [7, 11) is 0. The first-order valence-electron chi connectivity index (χ1n) is 3.03. The molecule has 12 heavy (non-hydrogen) atoms. The van der Waals surface area contributed by atoms with Crippen molar-refractivity contribution in [2.75, 3.05) is 0 Å². The van der Waals surface area contributed by atoms with Gasteiger partial charge in [0.2, 0.25) is 5.88 Å². The van der Waals surface area contributed by atoms with Crippen LogP contribution in [-0.4, -0.2) is 16.4 Å². The van der Waals surface area contributed by atoms with Crippen molar-refractivity contribution in [3.63, 3.8) is 0 Å². The maximum Gasteiger partial charge on any atom is 1.00 e. The van der Waals surface area contributed by atoms with Gasteiger partial charge in [0.1, 0.15) is 0 Å². The summed E-state index contributed by atoms with van der Waals surface area (Å²) < 4.78 is 0. The third-order valence-electron chi connectivity index (χ3n) is 1.39. The molecule has 0 saturated carbocycles. The van der Waals surface area contributed by atoms with Gasteiger partial charge in [0, 0.05) is 6.07 Å². The molecule has 0 unspecified atom stereocenters. The largest absolute Gasteiger partial charge is 1.00 e. The summed E-state index contributed by atoms with van der Waals surface area (Å²) in [5, 5.41) is 8.99. The predicted octanol–water partition coefficient (Wildman–Crippen LogP) is -2.79. The van der Waals surface area contributed by atoms with Crippen LogP contribution in [0.5, 0.6) is 5.88 Å². The van der Waals surface area contributed by atoms with Gasteiger partial charge in [-0.25, -0.2) is 0 Å². The van der Waals surface area contributed by atoms with E-state index in [1.54, 1.807) is 6.92 Å². The zero-order valence-corrected chi connectivity index (χ0v) is 10.0. The van der Waals surface area contributed by atoms with Crippen LogP contribution in [0.1, 0.15) is 15.9 Å². The number of pyridine rings is 1. The third kappa shape index (κ3) is 2.53. The molecule has 1 heterocycles. The molecule has 0 bridgehead atoms. The summed E-state index contributed by atoms with van der Waals surface area (Å²) in [6, 6.07) is 1.25. The Bertz CT molecular complexity index is 319. The van der Waals surface area contributed by atoms with Gasteiger partial charge in [0.05, 0.1) is 5.56 Å². The van der Waals surface area contributed by atoms with E-state index in [1.165, 1.54) is 6.07 Å². The minimum absolute atomic E-state index is 0. The summed E-state index contributed by atoms with van der Waals surface area (Å²) in [6.45, 7) is 1.58. The molecule has 0 fully saturated rings. The minimum Gasteiger partial charge on any atom is -0.494 e. The van der Waals surface area contributed by atoms with Gasteiger partial charge in [-0.3, -0.25) is 14.6 Å². The van der Waals surface area contributed by atoms with Crippen LogP contribution in [0.4, 0.5) is 0 Å². The fourth-order valence-electron chi connectivity index (χ4n) is 0.830. The van der Waals surface area contributed by atoms with E-state index in [0.29, 0.717) is 11.8 Å². The topological polar surface area (TPSA) is 70.2 Å². The Morgan fingerprint density at radius 2 is 2.17 bits per heavy atom. The molecule has 1 aromatic heterocycles. The molecule has 0 atom stereocenters. The Morgan fingerprint density at radius 1 is 1.58 bits per heavy atom. The average molecular weight is 192 g/mol. The molecule has 58 valence electrons. The molecule has 0 aliphatic rings. The van der Waals surface area contributed by atoms with Crippen LogP contribution in [0.15, 0.2) is 10.9 Å². The molecule has 0 radical (unpaired) electrons. The van der Waals surface area contributed by atoms with E-state index < -0.39 is 5.56 Å². The number of hydrogen-bond acceptors (Lipinski definition) is 3. The van der Waals surface area contributed by atoms with Crippen LogP contribution in [0, 0.1) is 6.92 Å². The fourth-order valence-corrected chi connectivity index (χ4v) is 0.830. The monoisotopic (exact) mass is 192 g/mol. The molecule has 1 aromatic rings. The van der Waals surface area contributed by atoms with E-state index in [9.17, 15) is 9.59 Å². The first kappa shape index (κ1) is 12.1. The number of H-pyrrole nitrogens is 1. The molecule has 4 nitrogen and oxygen atoms in total. The number of aromatic amines is 1. The van der Waals surface area contributed by atoms with E-state index in [2.05, 4.69) is 4.98 Å². The van der Waals surface area contributed by atoms with Crippen molar-refractivity contribution >= 4 is 6.29 Å². The van der Waals surface area contributed by atoms with E-state index >= 15 is 0 Å². The summed E-state index contributed by atoms with van der Waals surface area (Å²) in [6.07, 6.45) is 0.501. The zero-order valence-electron chi connectivity index (χ0n) is 6.92. The molecular weight excluding hydrogens is 185 g/mol. The second-order valence-corrected chi connectivity index (χ2v) is 2.20. The molecule has 5 heteroatoms. The summed E-state index contributed by atoms with van der Waals surface area (Å²) in [5.41, 5.74) is 0.191. The Morgan fingerprint density at radius 3 is 2.58 bits per heavy atom. The number of hydrogen-bond donors (Lipinski definition) is 2. The molecule has 0 amide bonds. The van der Waals surface area contributed by atoms with E-state index in [4.69, 9.17) is 5.11 Å². The number of aldehydes is 1. The second-order valence-electron chi connectivity index (χ2n) is 2.20. The smallest absolute Gasteiger partial charge is 0.494 e. The van der Waals surface area contributed by atoms with Crippen LogP contribution in [0.2, 0.25) is 0 Å². The van der Waals surface area contributed by atoms with Gasteiger partial charge in [-0.1, -0.05) is 0 Å². The SMILES string of the molecule is Cc1cc(=O)[nH]c(O)c1C=O.[K+]. The molecule has 0 aromatic carbocycles. The first-order chi connectivity index (χ1) is 5.15. The minimum atomic E-state index is -0.411. The standard InChI is InChI=1S/C7H7NO3.K/c1-4-2-6(10)8-7(11)5(4)3-9;/h2-3H,1H3,(H2,8,10,11);/q;+1. The van der Waals surface area contributed by atoms with Gasteiger partial charge in [-0.2, -0.15) is 0 Å². The number of aromatic nitrogens is 1. The quantitative estimate of drug-likeness (QED) is 0.373. The van der Waals surface area contributed by atoms with Crippen molar-refractivity contribution in [3.05, 3.63) is 27.5 Å². The predicted molar refractivity (Wildman–Crippen MR) is 38.9 cm³/mol. The van der Waals surface area contributed by atoms with Gasteiger partial charge in [0.25, 0.3) is 5.56 Å². The van der Waals surface area contributed by atoms with Crippen molar-refractivity contribution in [1.82, 2.24) is 4.98 Å². The Kier molecular flexibility index (Phi) is 4.96. The van der Waals surface area contributed by atoms with Crippen LogP contribution < -0.4 is 56.9 Å². The molecule has 2 N–H and O–H groups in total. The number of carbonyl (C=O) groups excluding carboxylic acids is 1. The molecule has 1 rings (SSSR count). The van der Waals surface area contributed by atoms with E-state index in [1.807, 2.05) is 0 Å². The van der Waals surface area contributed by atoms with Crippen molar-refractivity contribution in [3.8, 4) is 5.88 Å². The second kappa shape index (κ2) is 4.93. The number of rotatable bonds is 1. The fraction of sp³-hybridized carbons (Fsp3) is 0.143. The van der Waals surface area contributed by atoms with Crippen molar-refractivity contribution in [2.45, 2.75) is 6.92 Å². The summed E-state index contributed by atoms with van der Waals surface area (Å²) >= 11 is 0. The Balaban J connectivity index is 0.00000121. The van der Waals surface area contributed by atoms with Crippen LogP contribution in [0.25, 0.3) is 0 Å². The van der Waals surface area contributed by atoms with Gasteiger partial charge in [-0.05, 0) is 12.5 Å². The number of nitrogens with one attached hydrogen (secondary N) is 1. The maximum atomic E-state index is 10.6. The van der Waals surface area contributed by atoms with Crippen molar-refractivity contribution < 1.29 is 61.3 Å². The zero-order chi connectivity index (χ0) is 8.43. The summed E-state index contributed by atoms with van der Waals surface area (Å²) in [4.78, 5) is 23.0. The number of aromatic hydroxyl groups is 1. The molecule has 0 aliphatic heterocycles. The normalized spacial score (nSPS) is 8.75. The van der Waals surface area contributed by atoms with Crippen LogP contribution in [0.3, 0.4) is 0 Å². The molecule has 0 spiro atoms. The van der Waals surface area contributed by atoms with Crippen LogP contribution >= 0.6 is 0 Å². The van der Waals surface area contributed by atoms with E-state index in [0.717, 1.165) is 0 Å². The molecular formula is C7H7KNO3+. The molecule has 0 aliphatic carbocycles. The third-order valence-corrected chi connectivity index (χ3v) is 1.39. The number of carbonyl (C=O) groups is 1. The maximum absolute atomic E-state index is 10.6. The van der Waals surface area contributed by atoms with E-state index in [-0.39, 0.29) is 62.8 Å². The number of aryl methyl sites for hydroxylation is 1. The van der Waals surface area contributed by atoms with Gasteiger partial charge in [-0.15, -0.1) is 0 Å². The molecule has 0 saturated heterocycles. The van der Waals surface area contributed by atoms with Gasteiger partial charge < -0.3 is 5.11 Å². The van der Waals surface area contributed by atoms with Gasteiger partial charge in [0.15, 0.2) is 6.29 Å².